The molecular weight excluding hydrogens is 470 g/mol. The second-order valence-electron chi connectivity index (χ2n) is 9.35. The van der Waals surface area contributed by atoms with Gasteiger partial charge in [0.05, 0.1) is 16.8 Å². The van der Waals surface area contributed by atoms with Gasteiger partial charge in [-0.3, -0.25) is 9.59 Å². The monoisotopic (exact) mass is 497 g/mol. The van der Waals surface area contributed by atoms with Gasteiger partial charge >= 0.3 is 0 Å². The number of nitrogens with one attached hydrogen (secondary N) is 2. The third-order valence-electron chi connectivity index (χ3n) is 6.94. The van der Waals surface area contributed by atoms with Crippen LogP contribution in [0.1, 0.15) is 24.5 Å². The van der Waals surface area contributed by atoms with Crippen molar-refractivity contribution in [2.24, 2.45) is 0 Å². The molecule has 6 rings (SSSR count). The highest BCUT2D eigenvalue weighted by Crippen LogP contribution is 2.33. The maximum Gasteiger partial charge on any atom is 0.275 e. The molecule has 0 bridgehead atoms. The molecule has 4 heterocycles. The summed E-state index contributed by atoms with van der Waals surface area (Å²) in [6.07, 6.45) is 5.32. The van der Waals surface area contributed by atoms with Crippen LogP contribution in [0.5, 0.6) is 11.5 Å². The largest absolute Gasteiger partial charge is 0.457 e. The van der Waals surface area contributed by atoms with Crippen LogP contribution in [0, 0.1) is 0 Å². The third-order valence-corrected chi connectivity index (χ3v) is 6.94. The van der Waals surface area contributed by atoms with E-state index in [1.807, 2.05) is 60.7 Å². The van der Waals surface area contributed by atoms with E-state index in [2.05, 4.69) is 15.5 Å². The number of rotatable bonds is 6. The van der Waals surface area contributed by atoms with Gasteiger partial charge in [0.25, 0.3) is 5.56 Å². The van der Waals surface area contributed by atoms with Crippen molar-refractivity contribution in [2.45, 2.75) is 24.8 Å². The number of hydrogen-bond acceptors (Lipinski definition) is 7. The molecule has 4 N–H and O–H groups in total. The third kappa shape index (κ3) is 4.47. The summed E-state index contributed by atoms with van der Waals surface area (Å²) >= 11 is 0. The van der Waals surface area contributed by atoms with E-state index in [9.17, 15) is 9.59 Å². The molecule has 10 heteroatoms. The number of fused-ring (bicyclic) bond motifs is 1. The Labute approximate surface area is 212 Å². The topological polar surface area (TPSA) is 131 Å². The molecule has 0 radical (unpaired) electrons. The van der Waals surface area contributed by atoms with Crippen molar-refractivity contribution in [3.8, 4) is 17.2 Å². The zero-order valence-electron chi connectivity index (χ0n) is 20.1. The van der Waals surface area contributed by atoms with Gasteiger partial charge in [-0.15, -0.1) is 0 Å². The molecule has 0 aliphatic carbocycles. The summed E-state index contributed by atoms with van der Waals surface area (Å²) in [7, 11) is 0. The molecule has 1 amide bonds. The standard InChI is InChI=1S/C27H27N7O3/c28-26-25-23(27(36)31-30-26)24(17-13-15-33(16-17)22(35)11-6-18-12-14-29-18)32-34(25)19-7-9-21(10-8-19)37-20-4-2-1-3-5-20/h1-11,17-18,29H,12-16H2,(H2,28,30)(H,31,36)/b11-6+. The summed E-state index contributed by atoms with van der Waals surface area (Å²) in [6.45, 7) is 2.07. The van der Waals surface area contributed by atoms with Crippen molar-refractivity contribution >= 4 is 22.6 Å². The van der Waals surface area contributed by atoms with Gasteiger partial charge in [-0.05, 0) is 55.8 Å². The first-order valence-corrected chi connectivity index (χ1v) is 12.4. The number of carbonyl (C=O) groups excluding carboxylic acids is 1. The van der Waals surface area contributed by atoms with E-state index < -0.39 is 0 Å². The number of aromatic nitrogens is 4. The molecule has 2 fully saturated rings. The lowest BCUT2D eigenvalue weighted by Crippen LogP contribution is -2.41. The first-order chi connectivity index (χ1) is 18.1. The van der Waals surface area contributed by atoms with E-state index in [0.717, 1.165) is 24.4 Å². The molecule has 2 aromatic heterocycles. The van der Waals surface area contributed by atoms with Gasteiger partial charge in [0.1, 0.15) is 17.0 Å². The maximum absolute atomic E-state index is 12.9. The molecule has 2 aliphatic heterocycles. The van der Waals surface area contributed by atoms with Crippen molar-refractivity contribution < 1.29 is 9.53 Å². The number of likely N-dealkylation sites (tertiary alicyclic amines) is 1. The Morgan fingerprint density at radius 1 is 1.08 bits per heavy atom. The van der Waals surface area contributed by atoms with E-state index >= 15 is 0 Å². The summed E-state index contributed by atoms with van der Waals surface area (Å²) < 4.78 is 7.55. The van der Waals surface area contributed by atoms with Gasteiger partial charge in [0, 0.05) is 31.1 Å². The molecule has 37 heavy (non-hydrogen) atoms. The zero-order chi connectivity index (χ0) is 25.4. The molecule has 4 aromatic rings. The average molecular weight is 498 g/mol. The SMILES string of the molecule is Nc1n[nH]c(=O)c2c(C3CCN(C(=O)/C=C/C4CCN4)C3)nn(-c3ccc(Oc4ccccc4)cc3)c12. The number of nitrogen functional groups attached to an aromatic ring is 1. The molecule has 0 spiro atoms. The Morgan fingerprint density at radius 2 is 1.84 bits per heavy atom. The fourth-order valence-corrected chi connectivity index (χ4v) is 4.83. The number of aromatic amines is 1. The van der Waals surface area contributed by atoms with Crippen LogP contribution in [-0.4, -0.2) is 56.5 Å². The van der Waals surface area contributed by atoms with E-state index in [4.69, 9.17) is 15.6 Å². The van der Waals surface area contributed by atoms with Crippen molar-refractivity contribution in [1.82, 2.24) is 30.2 Å². The van der Waals surface area contributed by atoms with Gasteiger partial charge in [-0.25, -0.2) is 9.78 Å². The molecule has 2 atom stereocenters. The molecule has 2 aliphatic rings. The van der Waals surface area contributed by atoms with Gasteiger partial charge < -0.3 is 20.7 Å². The number of carbonyl (C=O) groups is 1. The van der Waals surface area contributed by atoms with Gasteiger partial charge in [-0.1, -0.05) is 24.3 Å². The predicted molar refractivity (Wildman–Crippen MR) is 140 cm³/mol. The van der Waals surface area contributed by atoms with Crippen LogP contribution in [0.25, 0.3) is 16.6 Å². The number of amides is 1. The van der Waals surface area contributed by atoms with E-state index in [1.54, 1.807) is 15.7 Å². The summed E-state index contributed by atoms with van der Waals surface area (Å²) in [4.78, 5) is 27.4. The van der Waals surface area contributed by atoms with Crippen LogP contribution in [0.4, 0.5) is 5.82 Å². The number of benzene rings is 2. The lowest BCUT2D eigenvalue weighted by atomic mass is 10.0. The number of para-hydroxylation sites is 1. The molecule has 2 aromatic carbocycles. The van der Waals surface area contributed by atoms with Gasteiger partial charge in [-0.2, -0.15) is 10.2 Å². The van der Waals surface area contributed by atoms with Gasteiger partial charge in [0.2, 0.25) is 5.91 Å². The molecule has 10 nitrogen and oxygen atoms in total. The summed E-state index contributed by atoms with van der Waals surface area (Å²) in [5.41, 5.74) is 7.67. The number of nitrogens with two attached hydrogens (primary N) is 1. The molecule has 2 unspecified atom stereocenters. The van der Waals surface area contributed by atoms with E-state index in [-0.39, 0.29) is 29.2 Å². The van der Waals surface area contributed by atoms with Crippen LogP contribution in [0.3, 0.4) is 0 Å². The van der Waals surface area contributed by atoms with Crippen LogP contribution in [0.2, 0.25) is 0 Å². The van der Waals surface area contributed by atoms with Crippen LogP contribution >= 0.6 is 0 Å². The van der Waals surface area contributed by atoms with Crippen molar-refractivity contribution in [3.05, 3.63) is 82.8 Å². The number of H-pyrrole nitrogens is 1. The maximum atomic E-state index is 12.9. The Balaban J connectivity index is 1.30. The van der Waals surface area contributed by atoms with Crippen molar-refractivity contribution in [2.75, 3.05) is 25.4 Å². The first-order valence-electron chi connectivity index (χ1n) is 12.4. The van der Waals surface area contributed by atoms with Crippen molar-refractivity contribution in [3.63, 3.8) is 0 Å². The quantitative estimate of drug-likeness (QED) is 0.349. The lowest BCUT2D eigenvalue weighted by molar-refractivity contribution is -0.125. The van der Waals surface area contributed by atoms with E-state index in [1.165, 1.54) is 0 Å². The fraction of sp³-hybridized carbons (Fsp3) is 0.259. The minimum atomic E-state index is -0.352. The molecular formula is C27H27N7O3. The molecule has 2 saturated heterocycles. The number of nitrogens with zero attached hydrogens (tertiary/aromatic N) is 4. The second-order valence-corrected chi connectivity index (χ2v) is 9.35. The molecule has 0 saturated carbocycles. The Bertz CT molecular complexity index is 1520. The summed E-state index contributed by atoms with van der Waals surface area (Å²) in [5, 5.41) is 15.0. The molecule has 188 valence electrons. The van der Waals surface area contributed by atoms with Crippen LogP contribution in [0.15, 0.2) is 71.5 Å². The minimum absolute atomic E-state index is 0.0240. The average Bonchev–Trinajstić information content (AvgIpc) is 3.53. The Morgan fingerprint density at radius 3 is 2.57 bits per heavy atom. The zero-order valence-corrected chi connectivity index (χ0v) is 20.1. The number of anilines is 1. The van der Waals surface area contributed by atoms with Crippen LogP contribution in [-0.2, 0) is 4.79 Å². The van der Waals surface area contributed by atoms with Crippen LogP contribution < -0.4 is 21.3 Å². The first kappa shape index (κ1) is 23.0. The van der Waals surface area contributed by atoms with Gasteiger partial charge in [0.15, 0.2) is 5.82 Å². The fourth-order valence-electron chi connectivity index (χ4n) is 4.83. The highest BCUT2D eigenvalue weighted by atomic mass is 16.5. The summed E-state index contributed by atoms with van der Waals surface area (Å²) in [5.74, 6) is 1.47. The Kier molecular flexibility index (Phi) is 5.93. The number of hydrogen-bond donors (Lipinski definition) is 3. The lowest BCUT2D eigenvalue weighted by Gasteiger charge is -2.24. The van der Waals surface area contributed by atoms with Crippen molar-refractivity contribution in [1.29, 1.82) is 0 Å². The second kappa shape index (κ2) is 9.55. The predicted octanol–water partition coefficient (Wildman–Crippen LogP) is 2.72. The smallest absolute Gasteiger partial charge is 0.275 e. The normalized spacial score (nSPS) is 19.4. The highest BCUT2D eigenvalue weighted by molar-refractivity contribution is 5.91. The Hall–Kier alpha value is -4.44. The number of ether oxygens (including phenoxy) is 1. The summed E-state index contributed by atoms with van der Waals surface area (Å²) in [6, 6.07) is 17.2. The highest BCUT2D eigenvalue weighted by Gasteiger charge is 2.32. The van der Waals surface area contributed by atoms with E-state index in [0.29, 0.717) is 41.9 Å². The minimum Gasteiger partial charge on any atom is -0.457 e.